The summed E-state index contributed by atoms with van der Waals surface area (Å²) in [5, 5.41) is 0. The first-order valence-corrected chi connectivity index (χ1v) is 7.89. The third-order valence-corrected chi connectivity index (χ3v) is 3.22. The molecule has 0 amide bonds. The highest BCUT2D eigenvalue weighted by atomic mass is 16.5. The zero-order valence-corrected chi connectivity index (χ0v) is 14.7. The standard InChI is InChI=1S/C10H19NO.C6H10.C2H6/c1-4-9(2)11-7-5-10(12-3)6-8-11;1-4-5-6(2)3;1-2/h4,10H,5-8H2,1-3H3;1,6H,5H2,2-3H3;1-2H3/b9-4+;;. The van der Waals surface area contributed by atoms with Crippen LogP contribution in [0.15, 0.2) is 11.8 Å². The van der Waals surface area contributed by atoms with Gasteiger partial charge < -0.3 is 9.64 Å². The van der Waals surface area contributed by atoms with Crippen molar-refractivity contribution in [3.63, 3.8) is 0 Å². The van der Waals surface area contributed by atoms with Gasteiger partial charge in [-0.1, -0.05) is 33.8 Å². The van der Waals surface area contributed by atoms with E-state index in [1.165, 1.54) is 18.5 Å². The highest BCUT2D eigenvalue weighted by Crippen LogP contribution is 2.16. The number of likely N-dealkylation sites (tertiary alicyclic amines) is 1. The van der Waals surface area contributed by atoms with Crippen molar-refractivity contribution >= 4 is 0 Å². The fraction of sp³-hybridized carbons (Fsp3) is 0.778. The van der Waals surface area contributed by atoms with Gasteiger partial charge in [-0.3, -0.25) is 0 Å². The molecule has 0 saturated carbocycles. The van der Waals surface area contributed by atoms with Gasteiger partial charge in [-0.25, -0.2) is 0 Å². The predicted molar refractivity (Wildman–Crippen MR) is 90.7 cm³/mol. The maximum Gasteiger partial charge on any atom is 0.0605 e. The fourth-order valence-corrected chi connectivity index (χ4v) is 1.86. The molecular weight excluding hydrogens is 246 g/mol. The Balaban J connectivity index is 0. The number of allylic oxidation sites excluding steroid dienone is 2. The average molecular weight is 281 g/mol. The molecule has 1 saturated heterocycles. The molecule has 0 bridgehead atoms. The van der Waals surface area contributed by atoms with E-state index >= 15 is 0 Å². The normalized spacial score (nSPS) is 15.8. The van der Waals surface area contributed by atoms with E-state index in [1.54, 1.807) is 0 Å². The third-order valence-electron chi connectivity index (χ3n) is 3.22. The van der Waals surface area contributed by atoms with Crippen LogP contribution in [0, 0.1) is 18.3 Å². The molecule has 20 heavy (non-hydrogen) atoms. The summed E-state index contributed by atoms with van der Waals surface area (Å²) in [5.41, 5.74) is 1.39. The molecule has 0 atom stereocenters. The number of hydrogen-bond donors (Lipinski definition) is 0. The lowest BCUT2D eigenvalue weighted by atomic mass is 10.1. The summed E-state index contributed by atoms with van der Waals surface area (Å²) in [5.74, 6) is 3.23. The van der Waals surface area contributed by atoms with Gasteiger partial charge in [0.05, 0.1) is 6.10 Å². The summed E-state index contributed by atoms with van der Waals surface area (Å²) in [6.45, 7) is 14.8. The zero-order valence-electron chi connectivity index (χ0n) is 14.7. The molecule has 0 aromatic heterocycles. The second-order valence-corrected chi connectivity index (χ2v) is 5.15. The van der Waals surface area contributed by atoms with Crippen molar-refractivity contribution in [3.05, 3.63) is 11.8 Å². The SMILES string of the molecule is C#CCC(C)C.C/C=C(\C)N1CCC(OC)CC1.CC. The van der Waals surface area contributed by atoms with Crippen molar-refractivity contribution in [2.75, 3.05) is 20.2 Å². The molecular formula is C18H35NO. The second kappa shape index (κ2) is 14.5. The van der Waals surface area contributed by atoms with Crippen LogP contribution in [-0.4, -0.2) is 31.2 Å². The Hall–Kier alpha value is -0.940. The van der Waals surface area contributed by atoms with Gasteiger partial charge in [0.15, 0.2) is 0 Å². The lowest BCUT2D eigenvalue weighted by Crippen LogP contribution is -2.35. The lowest BCUT2D eigenvalue weighted by Gasteiger charge is -2.33. The van der Waals surface area contributed by atoms with Crippen molar-refractivity contribution in [2.45, 2.75) is 66.9 Å². The third kappa shape index (κ3) is 10.9. The van der Waals surface area contributed by atoms with E-state index in [0.29, 0.717) is 12.0 Å². The lowest BCUT2D eigenvalue weighted by molar-refractivity contribution is 0.0503. The van der Waals surface area contributed by atoms with Gasteiger partial charge in [0.25, 0.3) is 0 Å². The topological polar surface area (TPSA) is 12.5 Å². The molecule has 0 unspecified atom stereocenters. The number of ether oxygens (including phenoxy) is 1. The largest absolute Gasteiger partial charge is 0.381 e. The number of piperidine rings is 1. The van der Waals surface area contributed by atoms with Crippen molar-refractivity contribution < 1.29 is 4.74 Å². The second-order valence-electron chi connectivity index (χ2n) is 5.15. The van der Waals surface area contributed by atoms with Crippen LogP contribution in [-0.2, 0) is 4.74 Å². The molecule has 0 aliphatic carbocycles. The minimum atomic E-state index is 0.492. The van der Waals surface area contributed by atoms with E-state index in [0.717, 1.165) is 19.5 Å². The van der Waals surface area contributed by atoms with Crippen LogP contribution in [0.1, 0.15) is 60.8 Å². The maximum atomic E-state index is 5.31. The minimum Gasteiger partial charge on any atom is -0.381 e. The molecule has 0 spiro atoms. The van der Waals surface area contributed by atoms with Crippen LogP contribution >= 0.6 is 0 Å². The summed E-state index contributed by atoms with van der Waals surface area (Å²) in [6, 6.07) is 0. The van der Waals surface area contributed by atoms with Crippen LogP contribution in [0.5, 0.6) is 0 Å². The Morgan fingerprint density at radius 3 is 2.10 bits per heavy atom. The quantitative estimate of drug-likeness (QED) is 0.694. The molecule has 0 aromatic carbocycles. The van der Waals surface area contributed by atoms with Crippen LogP contribution in [0.25, 0.3) is 0 Å². The summed E-state index contributed by atoms with van der Waals surface area (Å²) < 4.78 is 5.31. The van der Waals surface area contributed by atoms with Crippen LogP contribution in [0.3, 0.4) is 0 Å². The molecule has 1 rings (SSSR count). The van der Waals surface area contributed by atoms with Crippen molar-refractivity contribution in [3.8, 4) is 12.3 Å². The average Bonchev–Trinajstić information content (AvgIpc) is 2.49. The summed E-state index contributed by atoms with van der Waals surface area (Å²) in [7, 11) is 1.81. The van der Waals surface area contributed by atoms with E-state index in [-0.39, 0.29) is 0 Å². The van der Waals surface area contributed by atoms with E-state index in [2.05, 4.69) is 44.6 Å². The van der Waals surface area contributed by atoms with E-state index in [1.807, 2.05) is 21.0 Å². The Labute approximate surface area is 127 Å². The number of terminal acetylenes is 1. The first kappa shape index (κ1) is 21.4. The molecule has 118 valence electrons. The highest BCUT2D eigenvalue weighted by Gasteiger charge is 2.17. The van der Waals surface area contributed by atoms with Crippen LogP contribution < -0.4 is 0 Å². The predicted octanol–water partition coefficient (Wildman–Crippen LogP) is 4.71. The van der Waals surface area contributed by atoms with Gasteiger partial charge >= 0.3 is 0 Å². The molecule has 2 nitrogen and oxygen atoms in total. The molecule has 0 N–H and O–H groups in total. The van der Waals surface area contributed by atoms with Gasteiger partial charge in [-0.2, -0.15) is 0 Å². The van der Waals surface area contributed by atoms with Gasteiger partial charge in [0, 0.05) is 32.3 Å². The van der Waals surface area contributed by atoms with Crippen molar-refractivity contribution in [1.82, 2.24) is 4.90 Å². The first-order valence-electron chi connectivity index (χ1n) is 7.89. The Morgan fingerprint density at radius 2 is 1.85 bits per heavy atom. The van der Waals surface area contributed by atoms with Gasteiger partial charge in [0.1, 0.15) is 0 Å². The van der Waals surface area contributed by atoms with Crippen LogP contribution in [0.4, 0.5) is 0 Å². The minimum absolute atomic E-state index is 0.492. The summed E-state index contributed by atoms with van der Waals surface area (Å²) >= 11 is 0. The number of hydrogen-bond acceptors (Lipinski definition) is 2. The fourth-order valence-electron chi connectivity index (χ4n) is 1.86. The van der Waals surface area contributed by atoms with Gasteiger partial charge in [-0.05, 0) is 32.6 Å². The zero-order chi connectivity index (χ0) is 16.0. The number of nitrogens with zero attached hydrogens (tertiary/aromatic N) is 1. The Kier molecular flexibility index (Phi) is 15.5. The Bertz CT molecular complexity index is 268. The highest BCUT2D eigenvalue weighted by molar-refractivity contribution is 4.97. The van der Waals surface area contributed by atoms with E-state index in [9.17, 15) is 0 Å². The van der Waals surface area contributed by atoms with E-state index < -0.39 is 0 Å². The molecule has 1 aliphatic heterocycles. The maximum absolute atomic E-state index is 5.31. The molecule has 2 heteroatoms. The van der Waals surface area contributed by atoms with E-state index in [4.69, 9.17) is 11.2 Å². The number of methoxy groups -OCH3 is 1. The Morgan fingerprint density at radius 1 is 1.35 bits per heavy atom. The van der Waals surface area contributed by atoms with Crippen molar-refractivity contribution in [1.29, 1.82) is 0 Å². The number of rotatable bonds is 3. The molecule has 0 aromatic rings. The molecule has 0 radical (unpaired) electrons. The summed E-state index contributed by atoms with van der Waals surface area (Å²) in [6.07, 6.45) is 10.9. The van der Waals surface area contributed by atoms with Crippen LogP contribution in [0.2, 0.25) is 0 Å². The summed E-state index contributed by atoms with van der Waals surface area (Å²) in [4.78, 5) is 2.43. The monoisotopic (exact) mass is 281 g/mol. The van der Waals surface area contributed by atoms with Crippen molar-refractivity contribution in [2.24, 2.45) is 5.92 Å². The molecule has 1 heterocycles. The molecule has 1 aliphatic rings. The smallest absolute Gasteiger partial charge is 0.0605 e. The van der Waals surface area contributed by atoms with Gasteiger partial charge in [-0.15, -0.1) is 12.3 Å². The molecule has 1 fully saturated rings. The first-order chi connectivity index (χ1) is 9.54. The van der Waals surface area contributed by atoms with Gasteiger partial charge in [0.2, 0.25) is 0 Å².